The van der Waals surface area contributed by atoms with Gasteiger partial charge in [-0.25, -0.2) is 4.79 Å². The van der Waals surface area contributed by atoms with Crippen LogP contribution in [-0.4, -0.2) is 15.9 Å². The van der Waals surface area contributed by atoms with Crippen molar-refractivity contribution < 1.29 is 9.36 Å². The first-order valence-electron chi connectivity index (χ1n) is 5.16. The Morgan fingerprint density at radius 2 is 2.17 bits per heavy atom. The van der Waals surface area contributed by atoms with Gasteiger partial charge in [-0.15, -0.1) is 0 Å². The lowest BCUT2D eigenvalue weighted by Crippen LogP contribution is -2.38. The summed E-state index contributed by atoms with van der Waals surface area (Å²) in [5, 5.41) is 0. The molecule has 2 aromatic heterocycles. The summed E-state index contributed by atoms with van der Waals surface area (Å²) in [6.07, 6.45) is 4.56. The molecule has 0 fully saturated rings. The number of pyridine rings is 1. The summed E-state index contributed by atoms with van der Waals surface area (Å²) in [6.45, 7) is 0.229. The number of rotatable bonds is 3. The van der Waals surface area contributed by atoms with E-state index in [0.29, 0.717) is 11.1 Å². The smallest absolute Gasteiger partial charge is 0.325 e. The molecule has 4 N–H and O–H groups in total. The Hall–Kier alpha value is -2.70. The molecule has 7 nitrogen and oxygen atoms in total. The first-order chi connectivity index (χ1) is 8.56. The lowest BCUT2D eigenvalue weighted by molar-refractivity contribution is -0.688. The van der Waals surface area contributed by atoms with Crippen LogP contribution in [0, 0.1) is 0 Å². The van der Waals surface area contributed by atoms with Crippen LogP contribution in [0.25, 0.3) is 0 Å². The molecule has 1 amide bonds. The fourth-order valence-corrected chi connectivity index (χ4v) is 1.52. The number of aromatic amines is 2. The Kier molecular flexibility index (Phi) is 3.05. The van der Waals surface area contributed by atoms with Gasteiger partial charge in [-0.1, -0.05) is 0 Å². The molecule has 0 saturated carbocycles. The normalized spacial score (nSPS) is 10.2. The third-order valence-corrected chi connectivity index (χ3v) is 2.39. The zero-order valence-electron chi connectivity index (χ0n) is 9.34. The maximum Gasteiger partial charge on any atom is 0.325 e. The summed E-state index contributed by atoms with van der Waals surface area (Å²) in [5.74, 6) is -0.542. The molecular formula is C11H11N4O3+. The summed E-state index contributed by atoms with van der Waals surface area (Å²) >= 11 is 0. The summed E-state index contributed by atoms with van der Waals surface area (Å²) < 4.78 is 1.63. The number of nitrogens with zero attached hydrogens (tertiary/aromatic N) is 1. The molecule has 2 aromatic rings. The van der Waals surface area contributed by atoms with E-state index in [1.165, 1.54) is 12.4 Å². The molecule has 0 aliphatic rings. The first kappa shape index (κ1) is 11.8. The largest absolute Gasteiger partial charge is 0.365 e. The Labute approximate surface area is 101 Å². The van der Waals surface area contributed by atoms with E-state index in [4.69, 9.17) is 5.73 Å². The molecule has 0 unspecified atom stereocenters. The molecule has 0 aliphatic carbocycles. The van der Waals surface area contributed by atoms with E-state index in [0.717, 1.165) is 0 Å². The average Bonchev–Trinajstić information content (AvgIpc) is 2.33. The SMILES string of the molecule is NC(=O)c1ccc[n+](Cc2c[nH]c(=O)[nH]c2=O)c1. The summed E-state index contributed by atoms with van der Waals surface area (Å²) in [5.41, 5.74) is 4.86. The highest BCUT2D eigenvalue weighted by atomic mass is 16.2. The fraction of sp³-hybridized carbons (Fsp3) is 0.0909. The van der Waals surface area contributed by atoms with Crippen LogP contribution in [-0.2, 0) is 6.54 Å². The molecular weight excluding hydrogens is 236 g/mol. The van der Waals surface area contributed by atoms with Crippen LogP contribution in [0.1, 0.15) is 15.9 Å². The quantitative estimate of drug-likeness (QED) is 0.573. The molecule has 7 heteroatoms. The van der Waals surface area contributed by atoms with Crippen molar-refractivity contribution >= 4 is 5.91 Å². The number of carbonyl (C=O) groups is 1. The molecule has 0 radical (unpaired) electrons. The third-order valence-electron chi connectivity index (χ3n) is 2.39. The molecule has 0 aliphatic heterocycles. The lowest BCUT2D eigenvalue weighted by atomic mass is 10.2. The minimum Gasteiger partial charge on any atom is -0.365 e. The van der Waals surface area contributed by atoms with Crippen molar-refractivity contribution in [1.82, 2.24) is 9.97 Å². The topological polar surface area (TPSA) is 113 Å². The zero-order chi connectivity index (χ0) is 13.1. The van der Waals surface area contributed by atoms with Gasteiger partial charge in [-0.2, -0.15) is 4.57 Å². The molecule has 2 heterocycles. The fourth-order valence-electron chi connectivity index (χ4n) is 1.52. The van der Waals surface area contributed by atoms with Crippen molar-refractivity contribution in [3.8, 4) is 0 Å². The number of primary amides is 1. The second-order valence-corrected chi connectivity index (χ2v) is 3.73. The number of nitrogens with two attached hydrogens (primary N) is 1. The van der Waals surface area contributed by atoms with Crippen LogP contribution in [0.5, 0.6) is 0 Å². The number of hydrogen-bond donors (Lipinski definition) is 3. The highest BCUT2D eigenvalue weighted by Crippen LogP contribution is 1.93. The Bertz CT molecular complexity index is 702. The van der Waals surface area contributed by atoms with E-state index in [-0.39, 0.29) is 6.54 Å². The highest BCUT2D eigenvalue weighted by molar-refractivity contribution is 5.92. The van der Waals surface area contributed by atoms with Crippen molar-refractivity contribution in [2.45, 2.75) is 6.54 Å². The number of hydrogen-bond acceptors (Lipinski definition) is 3. The van der Waals surface area contributed by atoms with Crippen LogP contribution >= 0.6 is 0 Å². The van der Waals surface area contributed by atoms with Gasteiger partial charge in [0, 0.05) is 12.3 Å². The lowest BCUT2D eigenvalue weighted by Gasteiger charge is -1.98. The van der Waals surface area contributed by atoms with Gasteiger partial charge in [0.15, 0.2) is 18.9 Å². The minimum absolute atomic E-state index is 0.229. The molecule has 92 valence electrons. The van der Waals surface area contributed by atoms with Crippen LogP contribution in [0.3, 0.4) is 0 Å². The van der Waals surface area contributed by atoms with Crippen LogP contribution in [0.2, 0.25) is 0 Å². The van der Waals surface area contributed by atoms with E-state index in [1.54, 1.807) is 22.9 Å². The van der Waals surface area contributed by atoms with Crippen molar-refractivity contribution in [1.29, 1.82) is 0 Å². The standard InChI is InChI=1S/C11H10N4O3/c12-9(16)7-2-1-3-15(5-7)6-8-4-13-11(18)14-10(8)17/h1-5H,6H2,(H3-,12,13,14,16,17,18)/p+1. The second-order valence-electron chi connectivity index (χ2n) is 3.73. The van der Waals surface area contributed by atoms with E-state index in [9.17, 15) is 14.4 Å². The molecule has 0 aromatic carbocycles. The molecule has 18 heavy (non-hydrogen) atoms. The van der Waals surface area contributed by atoms with Gasteiger partial charge in [0.25, 0.3) is 11.5 Å². The number of H-pyrrole nitrogens is 2. The minimum atomic E-state index is -0.556. The van der Waals surface area contributed by atoms with Gasteiger partial charge in [0.1, 0.15) is 5.56 Å². The van der Waals surface area contributed by atoms with Crippen molar-refractivity contribution in [2.24, 2.45) is 5.73 Å². The van der Waals surface area contributed by atoms with Gasteiger partial charge >= 0.3 is 5.69 Å². The van der Waals surface area contributed by atoms with Crippen LogP contribution in [0.4, 0.5) is 0 Å². The van der Waals surface area contributed by atoms with E-state index in [1.807, 2.05) is 0 Å². The van der Waals surface area contributed by atoms with E-state index < -0.39 is 17.2 Å². The number of nitrogens with one attached hydrogen (secondary N) is 2. The molecule has 0 bridgehead atoms. The Morgan fingerprint density at radius 3 is 2.83 bits per heavy atom. The second kappa shape index (κ2) is 4.66. The monoisotopic (exact) mass is 247 g/mol. The van der Waals surface area contributed by atoms with Gasteiger partial charge in [0.05, 0.1) is 5.56 Å². The highest BCUT2D eigenvalue weighted by Gasteiger charge is 2.10. The third kappa shape index (κ3) is 2.51. The van der Waals surface area contributed by atoms with Crippen LogP contribution < -0.4 is 21.5 Å². The zero-order valence-corrected chi connectivity index (χ0v) is 9.34. The summed E-state index contributed by atoms with van der Waals surface area (Å²) in [7, 11) is 0. The van der Waals surface area contributed by atoms with Crippen LogP contribution in [0.15, 0.2) is 40.3 Å². The molecule has 0 atom stereocenters. The number of amides is 1. The number of aromatic nitrogens is 3. The Balaban J connectivity index is 2.34. The molecule has 0 spiro atoms. The maximum atomic E-state index is 11.5. The van der Waals surface area contributed by atoms with Gasteiger partial charge in [-0.05, 0) is 6.07 Å². The molecule has 2 rings (SSSR count). The van der Waals surface area contributed by atoms with Crippen molar-refractivity contribution in [3.05, 3.63) is 62.7 Å². The van der Waals surface area contributed by atoms with Crippen molar-refractivity contribution in [2.75, 3.05) is 0 Å². The van der Waals surface area contributed by atoms with E-state index in [2.05, 4.69) is 9.97 Å². The van der Waals surface area contributed by atoms with Gasteiger partial charge < -0.3 is 10.7 Å². The number of carbonyl (C=O) groups excluding carboxylic acids is 1. The molecule has 0 saturated heterocycles. The van der Waals surface area contributed by atoms with E-state index >= 15 is 0 Å². The van der Waals surface area contributed by atoms with Gasteiger partial charge in [-0.3, -0.25) is 14.6 Å². The first-order valence-corrected chi connectivity index (χ1v) is 5.16. The Morgan fingerprint density at radius 1 is 1.39 bits per heavy atom. The van der Waals surface area contributed by atoms with Crippen molar-refractivity contribution in [3.63, 3.8) is 0 Å². The predicted molar refractivity (Wildman–Crippen MR) is 61.9 cm³/mol. The predicted octanol–water partition coefficient (Wildman–Crippen LogP) is -1.50. The van der Waals surface area contributed by atoms with Gasteiger partial charge in [0.2, 0.25) is 0 Å². The summed E-state index contributed by atoms with van der Waals surface area (Å²) in [4.78, 5) is 37.9. The summed E-state index contributed by atoms with van der Waals surface area (Å²) in [6, 6.07) is 3.23. The average molecular weight is 247 g/mol. The maximum absolute atomic E-state index is 11.5.